The molecule has 0 atom stereocenters. The van der Waals surface area contributed by atoms with Gasteiger partial charge in [-0.1, -0.05) is 26.0 Å². The first-order valence-electron chi connectivity index (χ1n) is 5.94. The highest BCUT2D eigenvalue weighted by Crippen LogP contribution is 2.24. The fourth-order valence-electron chi connectivity index (χ4n) is 2.02. The van der Waals surface area contributed by atoms with Crippen molar-refractivity contribution in [2.24, 2.45) is 0 Å². The lowest BCUT2D eigenvalue weighted by molar-refractivity contribution is 0.446. The molecule has 0 unspecified atom stereocenters. The summed E-state index contributed by atoms with van der Waals surface area (Å²) in [6.07, 6.45) is 3.29. The van der Waals surface area contributed by atoms with Crippen LogP contribution in [0.1, 0.15) is 13.8 Å². The van der Waals surface area contributed by atoms with Crippen LogP contribution in [0.25, 0.3) is 10.8 Å². The largest absolute Gasteiger partial charge is 0.264 e. The maximum Gasteiger partial charge on any atom is 0.243 e. The maximum atomic E-state index is 12.5. The van der Waals surface area contributed by atoms with Gasteiger partial charge in [0.2, 0.25) is 10.0 Å². The Balaban J connectivity index is 2.68. The van der Waals surface area contributed by atoms with E-state index in [0.29, 0.717) is 18.0 Å². The van der Waals surface area contributed by atoms with Crippen LogP contribution in [0.4, 0.5) is 0 Å². The Morgan fingerprint density at radius 1 is 1.17 bits per heavy atom. The van der Waals surface area contributed by atoms with Gasteiger partial charge in [-0.15, -0.1) is 0 Å². The molecule has 0 aliphatic rings. The van der Waals surface area contributed by atoms with E-state index in [1.165, 1.54) is 4.31 Å². The van der Waals surface area contributed by atoms with Crippen LogP contribution in [0.3, 0.4) is 0 Å². The molecule has 2 rings (SSSR count). The summed E-state index contributed by atoms with van der Waals surface area (Å²) < 4.78 is 26.5. The second kappa shape index (κ2) is 5.04. The van der Waals surface area contributed by atoms with E-state index in [1.54, 1.807) is 30.6 Å². The van der Waals surface area contributed by atoms with Gasteiger partial charge in [-0.2, -0.15) is 4.31 Å². The van der Waals surface area contributed by atoms with E-state index in [9.17, 15) is 8.42 Å². The summed E-state index contributed by atoms with van der Waals surface area (Å²) in [5.74, 6) is 0. The second-order valence-electron chi connectivity index (χ2n) is 3.94. The molecule has 1 aromatic carbocycles. The molecular formula is C13H16N2O2S. The minimum atomic E-state index is -3.42. The van der Waals surface area contributed by atoms with Crippen molar-refractivity contribution in [3.05, 3.63) is 36.7 Å². The van der Waals surface area contributed by atoms with E-state index in [1.807, 2.05) is 19.9 Å². The molecule has 0 aliphatic heterocycles. The van der Waals surface area contributed by atoms with E-state index >= 15 is 0 Å². The predicted molar refractivity (Wildman–Crippen MR) is 71.8 cm³/mol. The van der Waals surface area contributed by atoms with E-state index < -0.39 is 10.0 Å². The summed E-state index contributed by atoms with van der Waals surface area (Å²) in [5.41, 5.74) is 0. The van der Waals surface area contributed by atoms with E-state index in [-0.39, 0.29) is 0 Å². The van der Waals surface area contributed by atoms with Crippen molar-refractivity contribution < 1.29 is 8.42 Å². The lowest BCUT2D eigenvalue weighted by Crippen LogP contribution is -2.30. The molecule has 4 nitrogen and oxygen atoms in total. The van der Waals surface area contributed by atoms with Crippen LogP contribution in [0, 0.1) is 0 Å². The Labute approximate surface area is 107 Å². The Bertz CT molecular complexity index is 644. The molecule has 0 aliphatic carbocycles. The van der Waals surface area contributed by atoms with Gasteiger partial charge in [0.15, 0.2) is 0 Å². The molecular weight excluding hydrogens is 248 g/mol. The van der Waals surface area contributed by atoms with Crippen molar-refractivity contribution in [3.63, 3.8) is 0 Å². The molecule has 1 heterocycles. The first-order valence-corrected chi connectivity index (χ1v) is 7.38. The zero-order valence-corrected chi connectivity index (χ0v) is 11.3. The second-order valence-corrected chi connectivity index (χ2v) is 5.85. The van der Waals surface area contributed by atoms with Crippen molar-refractivity contribution in [1.29, 1.82) is 0 Å². The monoisotopic (exact) mass is 264 g/mol. The minimum absolute atomic E-state index is 0.353. The van der Waals surface area contributed by atoms with Crippen molar-refractivity contribution in [3.8, 4) is 0 Å². The molecule has 96 valence electrons. The first-order chi connectivity index (χ1) is 8.61. The van der Waals surface area contributed by atoms with Gasteiger partial charge < -0.3 is 0 Å². The third-order valence-corrected chi connectivity index (χ3v) is 5.07. The molecule has 0 N–H and O–H groups in total. The molecule has 5 heteroatoms. The highest BCUT2D eigenvalue weighted by atomic mass is 32.2. The molecule has 0 fully saturated rings. The number of fused-ring (bicyclic) bond motifs is 1. The molecule has 18 heavy (non-hydrogen) atoms. The number of benzene rings is 1. The van der Waals surface area contributed by atoms with E-state index in [0.717, 1.165) is 10.8 Å². The number of nitrogens with zero attached hydrogens (tertiary/aromatic N) is 2. The number of aromatic nitrogens is 1. The quantitative estimate of drug-likeness (QED) is 0.851. The highest BCUT2D eigenvalue weighted by Gasteiger charge is 2.23. The topological polar surface area (TPSA) is 50.3 Å². The van der Waals surface area contributed by atoms with Crippen molar-refractivity contribution in [2.45, 2.75) is 18.7 Å². The Morgan fingerprint density at radius 2 is 1.89 bits per heavy atom. The Kier molecular flexibility index (Phi) is 3.63. The van der Waals surface area contributed by atoms with Crippen LogP contribution in [-0.2, 0) is 10.0 Å². The normalized spacial score (nSPS) is 12.2. The molecule has 0 saturated carbocycles. The molecule has 0 bridgehead atoms. The van der Waals surface area contributed by atoms with E-state index in [4.69, 9.17) is 0 Å². The van der Waals surface area contributed by atoms with Gasteiger partial charge in [0, 0.05) is 36.3 Å². The SMILES string of the molecule is CCN(CC)S(=O)(=O)c1cccc2cnccc12. The van der Waals surface area contributed by atoms with Gasteiger partial charge in [-0.3, -0.25) is 4.98 Å². The fourth-order valence-corrected chi connectivity index (χ4v) is 3.69. The Hall–Kier alpha value is -1.46. The molecule has 1 aromatic heterocycles. The van der Waals surface area contributed by atoms with Crippen LogP contribution in [0.5, 0.6) is 0 Å². The van der Waals surface area contributed by atoms with Gasteiger partial charge in [0.25, 0.3) is 0 Å². The summed E-state index contributed by atoms with van der Waals surface area (Å²) in [7, 11) is -3.42. The number of hydrogen-bond acceptors (Lipinski definition) is 3. The van der Waals surface area contributed by atoms with Crippen LogP contribution in [0.15, 0.2) is 41.6 Å². The predicted octanol–water partition coefficient (Wildman–Crippen LogP) is 2.27. The average Bonchev–Trinajstić information content (AvgIpc) is 2.39. The number of hydrogen-bond donors (Lipinski definition) is 0. The third-order valence-electron chi connectivity index (χ3n) is 2.96. The van der Waals surface area contributed by atoms with Crippen molar-refractivity contribution in [1.82, 2.24) is 9.29 Å². The number of sulfonamides is 1. The summed E-state index contributed by atoms with van der Waals surface area (Å²) >= 11 is 0. The average molecular weight is 264 g/mol. The Morgan fingerprint density at radius 3 is 2.56 bits per heavy atom. The van der Waals surface area contributed by atoms with Crippen molar-refractivity contribution in [2.75, 3.05) is 13.1 Å². The molecule has 0 spiro atoms. The van der Waals surface area contributed by atoms with Gasteiger partial charge in [-0.25, -0.2) is 8.42 Å². The van der Waals surface area contributed by atoms with Gasteiger partial charge in [-0.05, 0) is 12.1 Å². The van der Waals surface area contributed by atoms with E-state index in [2.05, 4.69) is 4.98 Å². The minimum Gasteiger partial charge on any atom is -0.264 e. The summed E-state index contributed by atoms with van der Waals surface area (Å²) in [6.45, 7) is 4.63. The molecule has 0 radical (unpaired) electrons. The molecule has 2 aromatic rings. The lowest BCUT2D eigenvalue weighted by atomic mass is 10.2. The van der Waals surface area contributed by atoms with Crippen LogP contribution < -0.4 is 0 Å². The standard InChI is InChI=1S/C13H16N2O2S/c1-3-15(4-2)18(16,17)13-7-5-6-11-10-14-9-8-12(11)13/h5-10H,3-4H2,1-2H3. The highest BCUT2D eigenvalue weighted by molar-refractivity contribution is 7.89. The van der Waals surface area contributed by atoms with Crippen LogP contribution in [0.2, 0.25) is 0 Å². The van der Waals surface area contributed by atoms with Crippen LogP contribution in [-0.4, -0.2) is 30.8 Å². The van der Waals surface area contributed by atoms with Crippen LogP contribution >= 0.6 is 0 Å². The van der Waals surface area contributed by atoms with Crippen molar-refractivity contribution >= 4 is 20.8 Å². The molecule has 0 saturated heterocycles. The fraction of sp³-hybridized carbons (Fsp3) is 0.308. The summed E-state index contributed by atoms with van der Waals surface area (Å²) in [4.78, 5) is 4.37. The number of pyridine rings is 1. The zero-order valence-electron chi connectivity index (χ0n) is 10.5. The maximum absolute atomic E-state index is 12.5. The lowest BCUT2D eigenvalue weighted by Gasteiger charge is -2.19. The van der Waals surface area contributed by atoms with Gasteiger partial charge >= 0.3 is 0 Å². The van der Waals surface area contributed by atoms with Gasteiger partial charge in [0.05, 0.1) is 4.90 Å². The zero-order chi connectivity index (χ0) is 13.2. The smallest absolute Gasteiger partial charge is 0.243 e. The number of rotatable bonds is 4. The first kappa shape index (κ1) is 13.0. The summed E-state index contributed by atoms with van der Waals surface area (Å²) in [6, 6.07) is 7.01. The third kappa shape index (κ3) is 2.11. The van der Waals surface area contributed by atoms with Gasteiger partial charge in [0.1, 0.15) is 0 Å². The summed E-state index contributed by atoms with van der Waals surface area (Å²) in [5, 5.41) is 1.56. The molecule has 0 amide bonds.